The van der Waals surface area contributed by atoms with Crippen LogP contribution in [0.4, 0.5) is 20.6 Å². The first-order valence-corrected chi connectivity index (χ1v) is 9.30. The molecule has 2 amide bonds. The number of carbonyl (C=O) groups excluding carboxylic acids is 2. The number of nitrogens with one attached hydrogen (secondary N) is 1. The fourth-order valence-corrected chi connectivity index (χ4v) is 4.56. The predicted octanol–water partition coefficient (Wildman–Crippen LogP) is 1.96. The molecule has 1 aliphatic carbocycles. The highest BCUT2D eigenvalue weighted by Gasteiger charge is 2.53. The van der Waals surface area contributed by atoms with Gasteiger partial charge in [0.25, 0.3) is 0 Å². The van der Waals surface area contributed by atoms with Crippen molar-refractivity contribution in [2.75, 3.05) is 36.0 Å². The minimum Gasteiger partial charge on any atom is -0.442 e. The SMILES string of the molecule is CC(=O)NCC1CN(c2ccc(N3CC4CC(C)(C3)C4=NO)c(F)c2)C(=O)O1. The van der Waals surface area contributed by atoms with E-state index in [2.05, 4.69) is 10.5 Å². The van der Waals surface area contributed by atoms with E-state index in [1.807, 2.05) is 11.8 Å². The Balaban J connectivity index is 1.47. The van der Waals surface area contributed by atoms with Crippen molar-refractivity contribution in [1.82, 2.24) is 5.32 Å². The first kappa shape index (κ1) is 18.5. The summed E-state index contributed by atoms with van der Waals surface area (Å²) in [5, 5.41) is 15.2. The van der Waals surface area contributed by atoms with E-state index in [0.717, 1.165) is 12.1 Å². The number of amides is 2. The summed E-state index contributed by atoms with van der Waals surface area (Å²) in [5.74, 6) is -0.471. The molecule has 4 fully saturated rings. The van der Waals surface area contributed by atoms with Gasteiger partial charge in [0.15, 0.2) is 0 Å². The van der Waals surface area contributed by atoms with Gasteiger partial charge in [-0.1, -0.05) is 12.1 Å². The Hall–Kier alpha value is -2.84. The molecule has 2 bridgehead atoms. The molecule has 1 aromatic carbocycles. The van der Waals surface area contributed by atoms with Crippen LogP contribution in [0.15, 0.2) is 23.4 Å². The van der Waals surface area contributed by atoms with Crippen LogP contribution in [0.2, 0.25) is 0 Å². The minimum absolute atomic E-state index is 0.144. The van der Waals surface area contributed by atoms with Crippen LogP contribution in [0.3, 0.4) is 0 Å². The molecule has 2 N–H and O–H groups in total. The Bertz CT molecular complexity index is 860. The van der Waals surface area contributed by atoms with Crippen molar-refractivity contribution in [2.45, 2.75) is 26.4 Å². The lowest BCUT2D eigenvalue weighted by molar-refractivity contribution is -0.119. The smallest absolute Gasteiger partial charge is 0.414 e. The van der Waals surface area contributed by atoms with Crippen LogP contribution in [-0.4, -0.2) is 55.2 Å². The van der Waals surface area contributed by atoms with Gasteiger partial charge >= 0.3 is 6.09 Å². The molecule has 28 heavy (non-hydrogen) atoms. The molecule has 150 valence electrons. The van der Waals surface area contributed by atoms with Gasteiger partial charge in [0.2, 0.25) is 5.91 Å². The number of rotatable bonds is 4. The standard InChI is InChI=1S/C19H23FN4O4/c1-11(25)21-7-14-9-24(18(26)28-14)13-3-4-16(15(20)5-13)23-8-12-6-19(2,10-23)17(12)22-27/h3-5,12,14,27H,6-10H2,1-2H3,(H,21,25). The van der Waals surface area contributed by atoms with E-state index in [-0.39, 0.29) is 30.3 Å². The van der Waals surface area contributed by atoms with Crippen molar-refractivity contribution in [3.63, 3.8) is 0 Å². The monoisotopic (exact) mass is 390 g/mol. The van der Waals surface area contributed by atoms with Gasteiger partial charge in [0.1, 0.15) is 11.9 Å². The van der Waals surface area contributed by atoms with E-state index < -0.39 is 18.0 Å². The summed E-state index contributed by atoms with van der Waals surface area (Å²) in [6.45, 7) is 5.08. The average Bonchev–Trinajstić information content (AvgIpc) is 3.00. The Labute approximate surface area is 161 Å². The zero-order valence-electron chi connectivity index (χ0n) is 15.8. The number of anilines is 2. The number of piperidine rings is 2. The average molecular weight is 390 g/mol. The molecular weight excluding hydrogens is 367 g/mol. The maximum atomic E-state index is 14.9. The molecule has 4 aliphatic rings. The van der Waals surface area contributed by atoms with Crippen LogP contribution >= 0.6 is 0 Å². The Morgan fingerprint density at radius 1 is 1.46 bits per heavy atom. The maximum Gasteiger partial charge on any atom is 0.414 e. The summed E-state index contributed by atoms with van der Waals surface area (Å²) in [6, 6.07) is 4.70. The van der Waals surface area contributed by atoms with Crippen molar-refractivity contribution in [2.24, 2.45) is 16.5 Å². The lowest BCUT2D eigenvalue weighted by Crippen LogP contribution is -2.62. The number of nitrogens with zero attached hydrogens (tertiary/aromatic N) is 3. The van der Waals surface area contributed by atoms with Crippen LogP contribution in [0.25, 0.3) is 0 Å². The van der Waals surface area contributed by atoms with E-state index in [1.165, 1.54) is 17.9 Å². The van der Waals surface area contributed by atoms with Crippen LogP contribution in [0.5, 0.6) is 0 Å². The third kappa shape index (κ3) is 3.04. The Morgan fingerprint density at radius 3 is 2.89 bits per heavy atom. The quantitative estimate of drug-likeness (QED) is 0.605. The van der Waals surface area contributed by atoms with Gasteiger partial charge in [-0.15, -0.1) is 0 Å². The number of carbonyl (C=O) groups is 2. The summed E-state index contributed by atoms with van der Waals surface area (Å²) in [7, 11) is 0. The second kappa shape index (κ2) is 6.65. The number of halogens is 1. The third-order valence-corrected chi connectivity index (χ3v) is 5.83. The van der Waals surface area contributed by atoms with E-state index in [4.69, 9.17) is 9.94 Å². The van der Waals surface area contributed by atoms with Crippen molar-refractivity contribution < 1.29 is 23.9 Å². The molecule has 8 nitrogen and oxygen atoms in total. The summed E-state index contributed by atoms with van der Waals surface area (Å²) in [6.07, 6.45) is -0.0831. The van der Waals surface area contributed by atoms with Crippen molar-refractivity contribution in [3.8, 4) is 0 Å². The Kier molecular flexibility index (Phi) is 4.40. The van der Waals surface area contributed by atoms with Crippen molar-refractivity contribution >= 4 is 29.1 Å². The number of benzene rings is 1. The van der Waals surface area contributed by atoms with Crippen LogP contribution in [-0.2, 0) is 9.53 Å². The molecule has 1 aromatic rings. The largest absolute Gasteiger partial charge is 0.442 e. The van der Waals surface area contributed by atoms with Crippen molar-refractivity contribution in [3.05, 3.63) is 24.0 Å². The first-order chi connectivity index (χ1) is 13.3. The van der Waals surface area contributed by atoms with Crippen LogP contribution < -0.4 is 15.1 Å². The van der Waals surface area contributed by atoms with Gasteiger partial charge in [0, 0.05) is 31.3 Å². The molecule has 3 heterocycles. The van der Waals surface area contributed by atoms with Gasteiger partial charge in [-0.05, 0) is 24.6 Å². The molecular formula is C19H23FN4O4. The zero-order chi connectivity index (χ0) is 20.1. The van der Waals surface area contributed by atoms with Crippen LogP contribution in [0.1, 0.15) is 20.3 Å². The topological polar surface area (TPSA) is 94.5 Å². The second-order valence-corrected chi connectivity index (χ2v) is 8.02. The Morgan fingerprint density at radius 2 is 2.25 bits per heavy atom. The normalized spacial score (nSPS) is 30.2. The predicted molar refractivity (Wildman–Crippen MR) is 100 cm³/mol. The number of ether oxygens (including phenoxy) is 1. The van der Waals surface area contributed by atoms with Gasteiger partial charge < -0.3 is 20.2 Å². The first-order valence-electron chi connectivity index (χ1n) is 9.30. The number of cyclic esters (lactones) is 1. The highest BCUT2D eigenvalue weighted by Crippen LogP contribution is 2.49. The summed E-state index contributed by atoms with van der Waals surface area (Å²) >= 11 is 0. The number of fused-ring (bicyclic) bond motifs is 2. The molecule has 1 saturated carbocycles. The van der Waals surface area contributed by atoms with Gasteiger partial charge in [-0.3, -0.25) is 9.69 Å². The molecule has 3 unspecified atom stereocenters. The van der Waals surface area contributed by atoms with E-state index in [9.17, 15) is 14.0 Å². The fourth-order valence-electron chi connectivity index (χ4n) is 4.56. The second-order valence-electron chi connectivity index (χ2n) is 8.02. The molecule has 9 heteroatoms. The lowest BCUT2D eigenvalue weighted by Gasteiger charge is -2.55. The van der Waals surface area contributed by atoms with E-state index >= 15 is 0 Å². The summed E-state index contributed by atoms with van der Waals surface area (Å²) < 4.78 is 20.1. The number of hydrogen-bond donors (Lipinski definition) is 2. The zero-order valence-corrected chi connectivity index (χ0v) is 15.8. The molecule has 0 spiro atoms. The number of oxime groups is 1. The minimum atomic E-state index is -0.557. The molecule has 3 saturated heterocycles. The van der Waals surface area contributed by atoms with Gasteiger partial charge in [-0.2, -0.15) is 0 Å². The van der Waals surface area contributed by atoms with E-state index in [0.29, 0.717) is 24.5 Å². The summed E-state index contributed by atoms with van der Waals surface area (Å²) in [4.78, 5) is 26.5. The third-order valence-electron chi connectivity index (χ3n) is 5.83. The van der Waals surface area contributed by atoms with Crippen LogP contribution in [0, 0.1) is 17.2 Å². The van der Waals surface area contributed by atoms with Gasteiger partial charge in [0.05, 0.1) is 30.2 Å². The molecule has 5 rings (SSSR count). The van der Waals surface area contributed by atoms with Gasteiger partial charge in [-0.25, -0.2) is 9.18 Å². The molecule has 0 aromatic heterocycles. The fraction of sp³-hybridized carbons (Fsp3) is 0.526. The highest BCUT2D eigenvalue weighted by molar-refractivity contribution is 5.99. The molecule has 3 atom stereocenters. The van der Waals surface area contributed by atoms with E-state index in [1.54, 1.807) is 12.1 Å². The summed E-state index contributed by atoms with van der Waals surface area (Å²) in [5.41, 5.74) is 1.46. The molecule has 3 aliphatic heterocycles. The van der Waals surface area contributed by atoms with Crippen molar-refractivity contribution in [1.29, 1.82) is 0 Å². The molecule has 0 radical (unpaired) electrons. The number of hydrogen-bond acceptors (Lipinski definition) is 6. The highest BCUT2D eigenvalue weighted by atomic mass is 19.1. The lowest BCUT2D eigenvalue weighted by atomic mass is 9.58. The maximum absolute atomic E-state index is 14.9.